The van der Waals surface area contributed by atoms with Crippen LogP contribution in [0.3, 0.4) is 0 Å². The Hall–Kier alpha value is -0.660. The molecule has 0 aromatic carbocycles. The van der Waals surface area contributed by atoms with Gasteiger partial charge in [-0.3, -0.25) is 4.79 Å². The third kappa shape index (κ3) is 4.67. The van der Waals surface area contributed by atoms with Crippen molar-refractivity contribution in [3.05, 3.63) is 0 Å². The van der Waals surface area contributed by atoms with E-state index in [0.717, 1.165) is 31.7 Å². The van der Waals surface area contributed by atoms with E-state index in [-0.39, 0.29) is 11.8 Å². The molecule has 0 aromatic rings. The molecular formula is C16H29N3O3S. The SMILES string of the molecule is NS(=O)(=O)NCC1CCCN(C(=O)C2CC2C2CCCCC2)C1. The Kier molecular flexibility index (Phi) is 5.28. The number of nitrogens with two attached hydrogens (primary N) is 1. The van der Waals surface area contributed by atoms with Gasteiger partial charge in [0.25, 0.3) is 10.2 Å². The molecule has 0 spiro atoms. The van der Waals surface area contributed by atoms with E-state index in [0.29, 0.717) is 24.9 Å². The minimum atomic E-state index is -3.64. The lowest BCUT2D eigenvalue weighted by atomic mass is 9.85. The molecule has 3 atom stereocenters. The fraction of sp³-hybridized carbons (Fsp3) is 0.938. The van der Waals surface area contributed by atoms with Crippen LogP contribution in [0.4, 0.5) is 0 Å². The average molecular weight is 343 g/mol. The Morgan fingerprint density at radius 3 is 2.57 bits per heavy atom. The lowest BCUT2D eigenvalue weighted by Gasteiger charge is -2.33. The molecule has 3 rings (SSSR count). The lowest BCUT2D eigenvalue weighted by molar-refractivity contribution is -0.134. The van der Waals surface area contributed by atoms with Crippen LogP contribution in [0.1, 0.15) is 51.4 Å². The first kappa shape index (κ1) is 17.2. The van der Waals surface area contributed by atoms with Gasteiger partial charge in [0.1, 0.15) is 0 Å². The molecule has 3 N–H and O–H groups in total. The summed E-state index contributed by atoms with van der Waals surface area (Å²) in [7, 11) is -3.64. The molecule has 1 heterocycles. The maximum absolute atomic E-state index is 12.7. The third-order valence-electron chi connectivity index (χ3n) is 5.82. The van der Waals surface area contributed by atoms with E-state index in [1.165, 1.54) is 32.1 Å². The van der Waals surface area contributed by atoms with E-state index in [9.17, 15) is 13.2 Å². The van der Waals surface area contributed by atoms with Crippen molar-refractivity contribution in [3.63, 3.8) is 0 Å². The summed E-state index contributed by atoms with van der Waals surface area (Å²) in [4.78, 5) is 14.7. The Morgan fingerprint density at radius 2 is 1.87 bits per heavy atom. The number of nitrogens with one attached hydrogen (secondary N) is 1. The highest BCUT2D eigenvalue weighted by atomic mass is 32.2. The number of piperidine rings is 1. The first-order chi connectivity index (χ1) is 10.9. The smallest absolute Gasteiger partial charge is 0.274 e. The van der Waals surface area contributed by atoms with E-state index in [2.05, 4.69) is 4.72 Å². The van der Waals surface area contributed by atoms with Crippen LogP contribution in [0.2, 0.25) is 0 Å². The van der Waals surface area contributed by atoms with Gasteiger partial charge in [-0.05, 0) is 37.0 Å². The Labute approximate surface area is 139 Å². The normalized spacial score (nSPS) is 32.7. The van der Waals surface area contributed by atoms with Crippen LogP contribution in [-0.4, -0.2) is 38.9 Å². The van der Waals surface area contributed by atoms with Crippen LogP contribution in [0.15, 0.2) is 0 Å². The van der Waals surface area contributed by atoms with Gasteiger partial charge in [-0.2, -0.15) is 8.42 Å². The van der Waals surface area contributed by atoms with Crippen molar-refractivity contribution in [3.8, 4) is 0 Å². The molecule has 3 aliphatic rings. The summed E-state index contributed by atoms with van der Waals surface area (Å²) in [5.74, 6) is 2.11. The molecule has 1 saturated heterocycles. The van der Waals surface area contributed by atoms with Crippen LogP contribution < -0.4 is 9.86 Å². The molecule has 3 fully saturated rings. The predicted octanol–water partition coefficient (Wildman–Crippen LogP) is 1.23. The Balaban J connectivity index is 1.48. The largest absolute Gasteiger partial charge is 0.342 e. The summed E-state index contributed by atoms with van der Waals surface area (Å²) in [6.45, 7) is 1.81. The highest BCUT2D eigenvalue weighted by Crippen LogP contribution is 2.50. The van der Waals surface area contributed by atoms with Crippen molar-refractivity contribution in [1.29, 1.82) is 0 Å². The van der Waals surface area contributed by atoms with E-state index < -0.39 is 10.2 Å². The molecule has 0 radical (unpaired) electrons. The van der Waals surface area contributed by atoms with Gasteiger partial charge in [-0.25, -0.2) is 9.86 Å². The summed E-state index contributed by atoms with van der Waals surface area (Å²) >= 11 is 0. The van der Waals surface area contributed by atoms with Crippen molar-refractivity contribution < 1.29 is 13.2 Å². The van der Waals surface area contributed by atoms with Crippen molar-refractivity contribution in [1.82, 2.24) is 9.62 Å². The molecule has 132 valence electrons. The second kappa shape index (κ2) is 7.07. The second-order valence-corrected chi connectivity index (χ2v) is 8.97. The highest BCUT2D eigenvalue weighted by Gasteiger charge is 2.49. The maximum Gasteiger partial charge on any atom is 0.274 e. The zero-order valence-electron chi connectivity index (χ0n) is 13.7. The lowest BCUT2D eigenvalue weighted by Crippen LogP contribution is -2.45. The molecule has 1 amide bonds. The van der Waals surface area contributed by atoms with Gasteiger partial charge in [0.2, 0.25) is 5.91 Å². The predicted molar refractivity (Wildman–Crippen MR) is 88.6 cm³/mol. The fourth-order valence-corrected chi connectivity index (χ4v) is 4.95. The van der Waals surface area contributed by atoms with Crippen LogP contribution in [0.25, 0.3) is 0 Å². The molecule has 0 bridgehead atoms. The van der Waals surface area contributed by atoms with Crippen LogP contribution in [0.5, 0.6) is 0 Å². The van der Waals surface area contributed by atoms with Crippen molar-refractivity contribution >= 4 is 16.1 Å². The molecule has 6 nitrogen and oxygen atoms in total. The maximum atomic E-state index is 12.7. The number of nitrogens with zero attached hydrogens (tertiary/aromatic N) is 1. The molecule has 2 saturated carbocycles. The minimum absolute atomic E-state index is 0.179. The van der Waals surface area contributed by atoms with E-state index in [4.69, 9.17) is 5.14 Å². The Bertz CT molecular complexity index is 531. The van der Waals surface area contributed by atoms with Crippen molar-refractivity contribution in [2.24, 2.45) is 28.8 Å². The summed E-state index contributed by atoms with van der Waals surface area (Å²) in [5, 5.41) is 4.99. The standard InChI is InChI=1S/C16H29N3O3S/c17-23(21,22)18-10-12-5-4-8-19(11-12)16(20)15-9-14(15)13-6-2-1-3-7-13/h12-15,18H,1-11H2,(H2,17,21,22). The quantitative estimate of drug-likeness (QED) is 0.786. The van der Waals surface area contributed by atoms with Gasteiger partial charge < -0.3 is 4.90 Å². The summed E-state index contributed by atoms with van der Waals surface area (Å²) in [6.07, 6.45) is 9.57. The van der Waals surface area contributed by atoms with Crippen LogP contribution >= 0.6 is 0 Å². The number of carbonyl (C=O) groups excluding carboxylic acids is 1. The zero-order valence-corrected chi connectivity index (χ0v) is 14.6. The molecule has 7 heteroatoms. The van der Waals surface area contributed by atoms with Gasteiger partial charge in [-0.1, -0.05) is 32.1 Å². The van der Waals surface area contributed by atoms with E-state index in [1.807, 2.05) is 4.90 Å². The van der Waals surface area contributed by atoms with Crippen LogP contribution in [0, 0.1) is 23.7 Å². The monoisotopic (exact) mass is 343 g/mol. The molecule has 3 unspecified atom stereocenters. The first-order valence-electron chi connectivity index (χ1n) is 9.00. The Morgan fingerprint density at radius 1 is 1.13 bits per heavy atom. The van der Waals surface area contributed by atoms with Gasteiger partial charge in [-0.15, -0.1) is 0 Å². The molecule has 2 aliphatic carbocycles. The summed E-state index contributed by atoms with van der Waals surface area (Å²) < 4.78 is 24.4. The highest BCUT2D eigenvalue weighted by molar-refractivity contribution is 7.87. The van der Waals surface area contributed by atoms with Crippen molar-refractivity contribution in [2.75, 3.05) is 19.6 Å². The summed E-state index contributed by atoms with van der Waals surface area (Å²) in [6, 6.07) is 0. The van der Waals surface area contributed by atoms with Crippen molar-refractivity contribution in [2.45, 2.75) is 51.4 Å². The third-order valence-corrected chi connectivity index (χ3v) is 6.39. The fourth-order valence-electron chi connectivity index (χ4n) is 4.48. The number of carbonyl (C=O) groups is 1. The van der Waals surface area contributed by atoms with Gasteiger partial charge in [0, 0.05) is 25.6 Å². The van der Waals surface area contributed by atoms with E-state index in [1.54, 1.807) is 0 Å². The number of amides is 1. The first-order valence-corrected chi connectivity index (χ1v) is 10.5. The van der Waals surface area contributed by atoms with E-state index >= 15 is 0 Å². The zero-order chi connectivity index (χ0) is 16.4. The van der Waals surface area contributed by atoms with Crippen LogP contribution in [-0.2, 0) is 15.0 Å². The number of likely N-dealkylation sites (tertiary alicyclic amines) is 1. The molecular weight excluding hydrogens is 314 g/mol. The number of hydrogen-bond donors (Lipinski definition) is 2. The minimum Gasteiger partial charge on any atom is -0.342 e. The average Bonchev–Trinajstić information content (AvgIpc) is 3.33. The number of rotatable bonds is 5. The molecule has 1 aliphatic heterocycles. The molecule has 23 heavy (non-hydrogen) atoms. The topological polar surface area (TPSA) is 92.5 Å². The molecule has 0 aromatic heterocycles. The number of hydrogen-bond acceptors (Lipinski definition) is 3. The second-order valence-electron chi connectivity index (χ2n) is 7.59. The van der Waals surface area contributed by atoms with Gasteiger partial charge >= 0.3 is 0 Å². The van der Waals surface area contributed by atoms with Gasteiger partial charge in [0.05, 0.1) is 0 Å². The van der Waals surface area contributed by atoms with Gasteiger partial charge in [0.15, 0.2) is 0 Å². The summed E-state index contributed by atoms with van der Waals surface area (Å²) in [5.41, 5.74) is 0.